The van der Waals surface area contributed by atoms with Crippen molar-refractivity contribution < 1.29 is 0 Å². The molecule has 96 valence electrons. The molecule has 0 radical (unpaired) electrons. The first kappa shape index (κ1) is 11.9. The first-order valence-electron chi connectivity index (χ1n) is 5.96. The van der Waals surface area contributed by atoms with E-state index in [0.29, 0.717) is 0 Å². The number of hydrogen-bond donors (Lipinski definition) is 1. The van der Waals surface area contributed by atoms with Gasteiger partial charge >= 0.3 is 0 Å². The van der Waals surface area contributed by atoms with E-state index < -0.39 is 0 Å². The van der Waals surface area contributed by atoms with E-state index in [-0.39, 0.29) is 0 Å². The Morgan fingerprint density at radius 1 is 1.21 bits per heavy atom. The van der Waals surface area contributed by atoms with E-state index in [1.807, 2.05) is 49.8 Å². The molecule has 0 unspecified atom stereocenters. The molecule has 0 atom stereocenters. The van der Waals surface area contributed by atoms with Gasteiger partial charge in [0.1, 0.15) is 5.01 Å². The number of aryl methyl sites for hydroxylation is 2. The average molecular weight is 270 g/mol. The predicted octanol–water partition coefficient (Wildman–Crippen LogP) is 3.10. The fraction of sp³-hybridized carbons (Fsp3) is 0.143. The molecule has 19 heavy (non-hydrogen) atoms. The maximum absolute atomic E-state index is 5.98. The quantitative estimate of drug-likeness (QED) is 0.728. The van der Waals surface area contributed by atoms with Gasteiger partial charge in [-0.15, -0.1) is 11.3 Å². The molecule has 2 heterocycles. The predicted molar refractivity (Wildman–Crippen MR) is 78.9 cm³/mol. The fourth-order valence-corrected chi connectivity index (χ4v) is 2.93. The van der Waals surface area contributed by atoms with Crippen LogP contribution in [0.5, 0.6) is 0 Å². The van der Waals surface area contributed by atoms with Crippen LogP contribution in [0.3, 0.4) is 0 Å². The van der Waals surface area contributed by atoms with Crippen LogP contribution in [0, 0.1) is 6.92 Å². The van der Waals surface area contributed by atoms with Gasteiger partial charge in [-0.2, -0.15) is 5.10 Å². The van der Waals surface area contributed by atoms with Gasteiger partial charge in [-0.05, 0) is 19.1 Å². The second-order valence-corrected chi connectivity index (χ2v) is 5.29. The third kappa shape index (κ3) is 2.13. The smallest absolute Gasteiger partial charge is 0.126 e. The molecule has 3 rings (SSSR count). The third-order valence-corrected chi connectivity index (χ3v) is 3.86. The van der Waals surface area contributed by atoms with Crippen molar-refractivity contribution in [2.24, 2.45) is 7.05 Å². The third-order valence-electron chi connectivity index (χ3n) is 2.98. The van der Waals surface area contributed by atoms with Crippen molar-refractivity contribution in [3.63, 3.8) is 0 Å². The summed E-state index contributed by atoms with van der Waals surface area (Å²) in [6.07, 6.45) is 1.99. The van der Waals surface area contributed by atoms with Gasteiger partial charge in [-0.1, -0.05) is 12.1 Å². The van der Waals surface area contributed by atoms with Crippen LogP contribution in [0.25, 0.3) is 21.8 Å². The van der Waals surface area contributed by atoms with Crippen LogP contribution in [-0.2, 0) is 7.05 Å². The summed E-state index contributed by atoms with van der Waals surface area (Å²) in [7, 11) is 1.92. The summed E-state index contributed by atoms with van der Waals surface area (Å²) in [6, 6.07) is 7.79. The second-order valence-electron chi connectivity index (χ2n) is 4.43. The monoisotopic (exact) mass is 270 g/mol. The van der Waals surface area contributed by atoms with Crippen LogP contribution in [0.2, 0.25) is 0 Å². The van der Waals surface area contributed by atoms with Crippen LogP contribution in [0.1, 0.15) is 5.69 Å². The molecule has 0 spiro atoms. The van der Waals surface area contributed by atoms with Crippen molar-refractivity contribution in [1.82, 2.24) is 14.8 Å². The lowest BCUT2D eigenvalue weighted by Gasteiger charge is -2.00. The van der Waals surface area contributed by atoms with Crippen LogP contribution >= 0.6 is 11.3 Å². The number of para-hydroxylation sites is 1. The minimum Gasteiger partial charge on any atom is -0.398 e. The zero-order valence-corrected chi connectivity index (χ0v) is 11.6. The molecule has 2 N–H and O–H groups in total. The lowest BCUT2D eigenvalue weighted by Crippen LogP contribution is -1.88. The largest absolute Gasteiger partial charge is 0.398 e. The highest BCUT2D eigenvalue weighted by atomic mass is 32.1. The Hall–Kier alpha value is -2.14. The Balaban J connectivity index is 2.05. The SMILES string of the molecule is Cc1nn(C)cc1-c1csc(-c2ccccc2N)n1. The van der Waals surface area contributed by atoms with Crippen molar-refractivity contribution in [3.8, 4) is 21.8 Å². The zero-order valence-electron chi connectivity index (χ0n) is 10.8. The highest BCUT2D eigenvalue weighted by Crippen LogP contribution is 2.32. The van der Waals surface area contributed by atoms with Crippen molar-refractivity contribution in [2.45, 2.75) is 6.92 Å². The van der Waals surface area contributed by atoms with Gasteiger partial charge in [0, 0.05) is 35.4 Å². The van der Waals surface area contributed by atoms with E-state index in [2.05, 4.69) is 10.1 Å². The van der Waals surface area contributed by atoms with Crippen molar-refractivity contribution in [3.05, 3.63) is 41.5 Å². The van der Waals surface area contributed by atoms with Gasteiger partial charge in [-0.25, -0.2) is 4.98 Å². The highest BCUT2D eigenvalue weighted by molar-refractivity contribution is 7.13. The molecule has 0 aliphatic heterocycles. The van der Waals surface area contributed by atoms with Crippen molar-refractivity contribution in [2.75, 3.05) is 5.73 Å². The van der Waals surface area contributed by atoms with Gasteiger partial charge in [-0.3, -0.25) is 4.68 Å². The molecule has 4 nitrogen and oxygen atoms in total. The summed E-state index contributed by atoms with van der Waals surface area (Å²) in [4.78, 5) is 4.67. The number of rotatable bonds is 2. The summed E-state index contributed by atoms with van der Waals surface area (Å²) in [5.41, 5.74) is 10.7. The molecule has 0 amide bonds. The number of aromatic nitrogens is 3. The van der Waals surface area contributed by atoms with E-state index in [1.54, 1.807) is 16.0 Å². The number of thiazole rings is 1. The summed E-state index contributed by atoms with van der Waals surface area (Å²) in [6.45, 7) is 1.99. The molecule has 5 heteroatoms. The number of nitrogen functional groups attached to an aromatic ring is 1. The fourth-order valence-electron chi connectivity index (χ4n) is 2.06. The van der Waals surface area contributed by atoms with E-state index in [4.69, 9.17) is 5.73 Å². The first-order chi connectivity index (χ1) is 9.15. The van der Waals surface area contributed by atoms with Gasteiger partial charge in [0.05, 0.1) is 11.4 Å². The van der Waals surface area contributed by atoms with E-state index >= 15 is 0 Å². The number of anilines is 1. The molecule has 2 aromatic heterocycles. The minimum atomic E-state index is 0.756. The van der Waals surface area contributed by atoms with Gasteiger partial charge in [0.15, 0.2) is 0 Å². The van der Waals surface area contributed by atoms with Crippen molar-refractivity contribution in [1.29, 1.82) is 0 Å². The van der Waals surface area contributed by atoms with Crippen LogP contribution in [0.15, 0.2) is 35.8 Å². The molecule has 0 saturated carbocycles. The molecule has 1 aromatic carbocycles. The molecule has 0 fully saturated rings. The van der Waals surface area contributed by atoms with E-state index in [9.17, 15) is 0 Å². The summed E-state index contributed by atoms with van der Waals surface area (Å²) in [5, 5.41) is 7.33. The maximum Gasteiger partial charge on any atom is 0.126 e. The summed E-state index contributed by atoms with van der Waals surface area (Å²) < 4.78 is 1.81. The molecule has 0 saturated heterocycles. The number of hydrogen-bond acceptors (Lipinski definition) is 4. The number of nitrogens with zero attached hydrogens (tertiary/aromatic N) is 3. The van der Waals surface area contributed by atoms with Crippen LogP contribution in [0.4, 0.5) is 5.69 Å². The molecule has 0 aliphatic rings. The Morgan fingerprint density at radius 2 is 2.00 bits per heavy atom. The maximum atomic E-state index is 5.98. The van der Waals surface area contributed by atoms with Crippen LogP contribution < -0.4 is 5.73 Å². The Kier molecular flexibility index (Phi) is 2.83. The number of nitrogens with two attached hydrogens (primary N) is 1. The molecule has 0 aliphatic carbocycles. The number of benzene rings is 1. The Labute approximate surface area is 115 Å². The molecule has 3 aromatic rings. The van der Waals surface area contributed by atoms with Gasteiger partial charge in [0.25, 0.3) is 0 Å². The second kappa shape index (κ2) is 4.51. The Morgan fingerprint density at radius 3 is 2.68 bits per heavy atom. The Bertz CT molecular complexity index is 727. The van der Waals surface area contributed by atoms with Gasteiger partial charge < -0.3 is 5.73 Å². The summed E-state index contributed by atoms with van der Waals surface area (Å²) >= 11 is 1.60. The van der Waals surface area contributed by atoms with E-state index in [0.717, 1.165) is 33.2 Å². The molecule has 0 bridgehead atoms. The topological polar surface area (TPSA) is 56.7 Å². The van der Waals surface area contributed by atoms with Crippen molar-refractivity contribution >= 4 is 17.0 Å². The molecular formula is C14H14N4S. The van der Waals surface area contributed by atoms with Crippen LogP contribution in [-0.4, -0.2) is 14.8 Å². The van der Waals surface area contributed by atoms with Gasteiger partial charge in [0.2, 0.25) is 0 Å². The minimum absolute atomic E-state index is 0.756. The highest BCUT2D eigenvalue weighted by Gasteiger charge is 2.12. The normalized spacial score (nSPS) is 10.8. The average Bonchev–Trinajstić information content (AvgIpc) is 2.96. The summed E-state index contributed by atoms with van der Waals surface area (Å²) in [5.74, 6) is 0. The first-order valence-corrected chi connectivity index (χ1v) is 6.84. The van der Waals surface area contributed by atoms with E-state index in [1.165, 1.54) is 0 Å². The lowest BCUT2D eigenvalue weighted by molar-refractivity contribution is 0.756. The standard InChI is InChI=1S/C14H14N4S/c1-9-11(7-18(2)17-9)13-8-19-14(16-13)10-5-3-4-6-12(10)15/h3-8H,15H2,1-2H3. The zero-order chi connectivity index (χ0) is 13.4. The molecular weight excluding hydrogens is 256 g/mol. The lowest BCUT2D eigenvalue weighted by atomic mass is 10.2.